The second-order valence-corrected chi connectivity index (χ2v) is 4.18. The molecule has 0 fully saturated rings. The van der Waals surface area contributed by atoms with E-state index < -0.39 is 53.0 Å². The van der Waals surface area contributed by atoms with Crippen LogP contribution in [-0.4, -0.2) is 5.97 Å². The van der Waals surface area contributed by atoms with E-state index in [-0.39, 0.29) is 5.56 Å². The Hall–Kier alpha value is -2.51. The van der Waals surface area contributed by atoms with Crippen molar-refractivity contribution >= 4 is 5.97 Å². The molecule has 2 aromatic carbocycles. The summed E-state index contributed by atoms with van der Waals surface area (Å²) >= 11 is 0. The Morgan fingerprint density at radius 3 is 1.95 bits per heavy atom. The van der Waals surface area contributed by atoms with Gasteiger partial charge < -0.3 is 4.74 Å². The number of carbonyl (C=O) groups excluding carboxylic acids is 1. The van der Waals surface area contributed by atoms with Gasteiger partial charge in [0.15, 0.2) is 0 Å². The van der Waals surface area contributed by atoms with Gasteiger partial charge in [0.05, 0.1) is 6.42 Å². The maximum Gasteiger partial charge on any atom is 0.315 e. The van der Waals surface area contributed by atoms with E-state index in [1.54, 1.807) is 0 Å². The van der Waals surface area contributed by atoms with Crippen LogP contribution in [-0.2, 0) is 11.2 Å². The Labute approximate surface area is 119 Å². The maximum absolute atomic E-state index is 13.3. The fraction of sp³-hybridized carbons (Fsp3) is 0.0714. The molecule has 0 atom stereocenters. The minimum absolute atomic E-state index is 0.105. The van der Waals surface area contributed by atoms with Crippen LogP contribution in [0, 0.1) is 34.9 Å². The van der Waals surface area contributed by atoms with Crippen LogP contribution in [0.4, 0.5) is 26.3 Å². The van der Waals surface area contributed by atoms with Gasteiger partial charge >= 0.3 is 5.97 Å². The standard InChI is InChI=1S/C14H6F6O2/c15-7-3-1-2-6(4-7)5-8(21)22-14-12(19)10(17)9(16)11(18)13(14)20/h1-4H,5H2. The van der Waals surface area contributed by atoms with Crippen molar-refractivity contribution in [2.24, 2.45) is 0 Å². The van der Waals surface area contributed by atoms with Crippen molar-refractivity contribution in [3.8, 4) is 5.75 Å². The highest BCUT2D eigenvalue weighted by Crippen LogP contribution is 2.29. The van der Waals surface area contributed by atoms with Gasteiger partial charge in [-0.1, -0.05) is 12.1 Å². The monoisotopic (exact) mass is 320 g/mol. The zero-order chi connectivity index (χ0) is 16.4. The largest absolute Gasteiger partial charge is 0.420 e. The second kappa shape index (κ2) is 6.08. The van der Waals surface area contributed by atoms with Crippen LogP contribution in [0.15, 0.2) is 24.3 Å². The van der Waals surface area contributed by atoms with E-state index in [0.29, 0.717) is 0 Å². The van der Waals surface area contributed by atoms with Gasteiger partial charge in [0.1, 0.15) is 5.82 Å². The van der Waals surface area contributed by atoms with Crippen molar-refractivity contribution in [3.63, 3.8) is 0 Å². The van der Waals surface area contributed by atoms with Gasteiger partial charge in [0.2, 0.25) is 34.8 Å². The molecular formula is C14H6F6O2. The molecular weight excluding hydrogens is 314 g/mol. The average molecular weight is 320 g/mol. The number of carbonyl (C=O) groups is 1. The van der Waals surface area contributed by atoms with Crippen molar-refractivity contribution in [3.05, 3.63) is 64.7 Å². The number of rotatable bonds is 3. The summed E-state index contributed by atoms with van der Waals surface area (Å²) < 4.78 is 82.4. The summed E-state index contributed by atoms with van der Waals surface area (Å²) in [7, 11) is 0. The number of hydrogen-bond donors (Lipinski definition) is 0. The molecule has 0 aliphatic carbocycles. The lowest BCUT2D eigenvalue weighted by Crippen LogP contribution is -2.15. The van der Waals surface area contributed by atoms with Gasteiger partial charge in [-0.05, 0) is 17.7 Å². The predicted molar refractivity (Wildman–Crippen MR) is 62.0 cm³/mol. The first kappa shape index (κ1) is 15.9. The lowest BCUT2D eigenvalue weighted by Gasteiger charge is -2.08. The van der Waals surface area contributed by atoms with Gasteiger partial charge in [-0.15, -0.1) is 0 Å². The van der Waals surface area contributed by atoms with E-state index in [4.69, 9.17) is 0 Å². The fourth-order valence-electron chi connectivity index (χ4n) is 1.64. The van der Waals surface area contributed by atoms with Crippen molar-refractivity contribution < 1.29 is 35.9 Å². The molecule has 8 heteroatoms. The summed E-state index contributed by atoms with van der Waals surface area (Å²) in [5.74, 6) is -15.0. The third-order valence-corrected chi connectivity index (χ3v) is 2.62. The first-order chi connectivity index (χ1) is 10.3. The summed E-state index contributed by atoms with van der Waals surface area (Å²) in [6.07, 6.45) is -0.614. The van der Waals surface area contributed by atoms with E-state index in [0.717, 1.165) is 12.1 Å². The molecule has 0 saturated carbocycles. The smallest absolute Gasteiger partial charge is 0.315 e. The van der Waals surface area contributed by atoms with E-state index in [1.807, 2.05) is 0 Å². The summed E-state index contributed by atoms with van der Waals surface area (Å²) in [5.41, 5.74) is 0.105. The number of benzene rings is 2. The molecule has 0 N–H and O–H groups in total. The molecule has 0 saturated heterocycles. The Morgan fingerprint density at radius 2 is 1.41 bits per heavy atom. The summed E-state index contributed by atoms with van der Waals surface area (Å²) in [4.78, 5) is 11.5. The number of hydrogen-bond acceptors (Lipinski definition) is 2. The SMILES string of the molecule is O=C(Cc1cccc(F)c1)Oc1c(F)c(F)c(F)c(F)c1F. The Kier molecular flexibility index (Phi) is 4.39. The first-order valence-electron chi connectivity index (χ1n) is 5.77. The van der Waals surface area contributed by atoms with Crippen molar-refractivity contribution in [2.45, 2.75) is 6.42 Å². The highest BCUT2D eigenvalue weighted by atomic mass is 19.2. The molecule has 0 aliphatic heterocycles. The van der Waals surface area contributed by atoms with E-state index in [2.05, 4.69) is 4.74 Å². The molecule has 0 amide bonds. The molecule has 2 rings (SSSR count). The molecule has 116 valence electrons. The molecule has 0 heterocycles. The molecule has 0 aromatic heterocycles. The number of esters is 1. The lowest BCUT2D eigenvalue weighted by molar-refractivity contribution is -0.134. The van der Waals surface area contributed by atoms with Crippen LogP contribution in [0.5, 0.6) is 5.75 Å². The quantitative estimate of drug-likeness (QED) is 0.284. The van der Waals surface area contributed by atoms with Crippen LogP contribution < -0.4 is 4.74 Å². The van der Waals surface area contributed by atoms with Crippen molar-refractivity contribution in [1.82, 2.24) is 0 Å². The summed E-state index contributed by atoms with van der Waals surface area (Å²) in [6.45, 7) is 0. The molecule has 0 bridgehead atoms. The van der Waals surface area contributed by atoms with Crippen LogP contribution in [0.1, 0.15) is 5.56 Å². The molecule has 0 aliphatic rings. The van der Waals surface area contributed by atoms with Gasteiger partial charge in [0, 0.05) is 0 Å². The number of ether oxygens (including phenoxy) is 1. The third kappa shape index (κ3) is 3.05. The predicted octanol–water partition coefficient (Wildman–Crippen LogP) is 3.67. The van der Waals surface area contributed by atoms with Crippen LogP contribution in [0.2, 0.25) is 0 Å². The fourth-order valence-corrected chi connectivity index (χ4v) is 1.64. The Balaban J connectivity index is 2.26. The number of halogens is 6. The van der Waals surface area contributed by atoms with Gasteiger partial charge in [-0.2, -0.15) is 8.78 Å². The molecule has 2 nitrogen and oxygen atoms in total. The van der Waals surface area contributed by atoms with Gasteiger partial charge in [-0.25, -0.2) is 17.6 Å². The molecule has 0 unspecified atom stereocenters. The van der Waals surface area contributed by atoms with E-state index in [9.17, 15) is 31.1 Å². The topological polar surface area (TPSA) is 26.3 Å². The molecule has 2 aromatic rings. The van der Waals surface area contributed by atoms with Gasteiger partial charge in [0.25, 0.3) is 0 Å². The zero-order valence-corrected chi connectivity index (χ0v) is 10.6. The molecule has 0 radical (unpaired) electrons. The minimum Gasteiger partial charge on any atom is -0.420 e. The van der Waals surface area contributed by atoms with Crippen LogP contribution in [0.3, 0.4) is 0 Å². The average Bonchev–Trinajstić information content (AvgIpc) is 2.47. The lowest BCUT2D eigenvalue weighted by atomic mass is 10.1. The van der Waals surface area contributed by atoms with Crippen molar-refractivity contribution in [2.75, 3.05) is 0 Å². The molecule has 22 heavy (non-hydrogen) atoms. The highest BCUT2D eigenvalue weighted by Gasteiger charge is 2.28. The minimum atomic E-state index is -2.36. The summed E-state index contributed by atoms with van der Waals surface area (Å²) in [6, 6.07) is 4.65. The van der Waals surface area contributed by atoms with Gasteiger partial charge in [-0.3, -0.25) is 4.79 Å². The summed E-state index contributed by atoms with van der Waals surface area (Å²) in [5, 5.41) is 0. The Morgan fingerprint density at radius 1 is 0.864 bits per heavy atom. The van der Waals surface area contributed by atoms with Crippen LogP contribution in [0.25, 0.3) is 0 Å². The van der Waals surface area contributed by atoms with E-state index >= 15 is 0 Å². The second-order valence-electron chi connectivity index (χ2n) is 4.18. The maximum atomic E-state index is 13.3. The Bertz CT molecular complexity index is 715. The molecule has 0 spiro atoms. The zero-order valence-electron chi connectivity index (χ0n) is 10.6. The first-order valence-corrected chi connectivity index (χ1v) is 5.77. The van der Waals surface area contributed by atoms with Crippen molar-refractivity contribution in [1.29, 1.82) is 0 Å². The highest BCUT2D eigenvalue weighted by molar-refractivity contribution is 5.75. The van der Waals surface area contributed by atoms with E-state index in [1.165, 1.54) is 12.1 Å². The van der Waals surface area contributed by atoms with Crippen LogP contribution >= 0.6 is 0 Å². The third-order valence-electron chi connectivity index (χ3n) is 2.62. The normalized spacial score (nSPS) is 10.6.